The summed E-state index contributed by atoms with van der Waals surface area (Å²) in [6.45, 7) is 6.76. The molecule has 0 aliphatic carbocycles. The van der Waals surface area contributed by atoms with Crippen LogP contribution in [0.1, 0.15) is 26.7 Å². The summed E-state index contributed by atoms with van der Waals surface area (Å²) in [5.41, 5.74) is 0. The Morgan fingerprint density at radius 3 is 2.47 bits per heavy atom. The highest BCUT2D eigenvalue weighted by molar-refractivity contribution is 4.60. The van der Waals surface area contributed by atoms with Gasteiger partial charge in [0.1, 0.15) is 0 Å². The van der Waals surface area contributed by atoms with Crippen LogP contribution in [0, 0.1) is 5.92 Å². The first-order valence-electron chi connectivity index (χ1n) is 6.89. The van der Waals surface area contributed by atoms with Gasteiger partial charge in [0.2, 0.25) is 0 Å². The van der Waals surface area contributed by atoms with E-state index in [0.717, 1.165) is 25.9 Å². The number of rotatable bonds is 11. The van der Waals surface area contributed by atoms with E-state index in [1.54, 1.807) is 0 Å². The molecule has 0 aliphatic rings. The Morgan fingerprint density at radius 1 is 1.21 bits per heavy atom. The Balaban J connectivity index is 3.36. The van der Waals surface area contributed by atoms with Gasteiger partial charge >= 0.3 is 6.18 Å². The van der Waals surface area contributed by atoms with E-state index >= 15 is 0 Å². The molecule has 0 aromatic rings. The van der Waals surface area contributed by atoms with Gasteiger partial charge < -0.3 is 15.0 Å². The van der Waals surface area contributed by atoms with Crippen LogP contribution < -0.4 is 5.32 Å². The van der Waals surface area contributed by atoms with Crippen LogP contribution in [0.4, 0.5) is 13.2 Å². The van der Waals surface area contributed by atoms with Crippen LogP contribution in [0.2, 0.25) is 0 Å². The van der Waals surface area contributed by atoms with Crippen LogP contribution in [-0.4, -0.2) is 57.5 Å². The van der Waals surface area contributed by atoms with E-state index in [2.05, 4.69) is 24.2 Å². The zero-order chi connectivity index (χ0) is 14.7. The number of nitrogens with zero attached hydrogens (tertiary/aromatic N) is 1. The van der Waals surface area contributed by atoms with E-state index in [4.69, 9.17) is 4.74 Å². The average Bonchev–Trinajstić information content (AvgIpc) is 2.27. The van der Waals surface area contributed by atoms with Crippen LogP contribution in [0.5, 0.6) is 0 Å². The second kappa shape index (κ2) is 10.5. The minimum Gasteiger partial charge on any atom is -0.380 e. The average molecular weight is 284 g/mol. The molecule has 0 aliphatic heterocycles. The van der Waals surface area contributed by atoms with Crippen molar-refractivity contribution in [3.05, 3.63) is 0 Å². The summed E-state index contributed by atoms with van der Waals surface area (Å²) < 4.78 is 41.2. The van der Waals surface area contributed by atoms with Gasteiger partial charge in [0.15, 0.2) is 0 Å². The first kappa shape index (κ1) is 18.7. The number of likely N-dealkylation sites (N-methyl/N-ethyl adjacent to an activating group) is 1. The number of halogens is 3. The van der Waals surface area contributed by atoms with Gasteiger partial charge in [-0.25, -0.2) is 0 Å². The number of nitrogens with one attached hydrogen (secondary N) is 1. The Morgan fingerprint density at radius 2 is 1.89 bits per heavy atom. The highest BCUT2D eigenvalue weighted by atomic mass is 19.4. The lowest BCUT2D eigenvalue weighted by atomic mass is 10.1. The molecular weight excluding hydrogens is 257 g/mol. The van der Waals surface area contributed by atoms with Gasteiger partial charge in [-0.2, -0.15) is 13.2 Å². The van der Waals surface area contributed by atoms with Crippen molar-refractivity contribution in [1.29, 1.82) is 0 Å². The molecule has 0 bridgehead atoms. The zero-order valence-corrected chi connectivity index (χ0v) is 12.2. The molecule has 0 saturated carbocycles. The Labute approximate surface area is 114 Å². The molecule has 6 heteroatoms. The Hall–Kier alpha value is -0.330. The number of alkyl halides is 3. The first-order valence-corrected chi connectivity index (χ1v) is 6.89. The molecule has 0 radical (unpaired) electrons. The Kier molecular flexibility index (Phi) is 10.3. The summed E-state index contributed by atoms with van der Waals surface area (Å²) in [5, 5.41) is 2.41. The molecular formula is C13H27F3N2O. The molecule has 1 unspecified atom stereocenters. The summed E-state index contributed by atoms with van der Waals surface area (Å²) in [6.07, 6.45) is -2.22. The minimum atomic E-state index is -4.12. The normalized spacial score (nSPS) is 14.1. The van der Waals surface area contributed by atoms with Crippen molar-refractivity contribution in [3.63, 3.8) is 0 Å². The smallest absolute Gasteiger partial charge is 0.380 e. The largest absolute Gasteiger partial charge is 0.401 e. The summed E-state index contributed by atoms with van der Waals surface area (Å²) >= 11 is 0. The van der Waals surface area contributed by atoms with E-state index in [9.17, 15) is 13.2 Å². The first-order chi connectivity index (χ1) is 8.85. The van der Waals surface area contributed by atoms with Crippen molar-refractivity contribution in [1.82, 2.24) is 10.2 Å². The molecule has 3 nitrogen and oxygen atoms in total. The van der Waals surface area contributed by atoms with Gasteiger partial charge in [-0.1, -0.05) is 13.8 Å². The number of hydrogen-bond donors (Lipinski definition) is 1. The topological polar surface area (TPSA) is 24.5 Å². The molecule has 0 rings (SSSR count). The summed E-state index contributed by atoms with van der Waals surface area (Å²) in [5.74, 6) is 0.190. The van der Waals surface area contributed by atoms with E-state index in [1.807, 2.05) is 6.92 Å². The van der Waals surface area contributed by atoms with Crippen LogP contribution in [0.25, 0.3) is 0 Å². The van der Waals surface area contributed by atoms with Gasteiger partial charge in [0, 0.05) is 13.2 Å². The molecule has 0 spiro atoms. The molecule has 116 valence electrons. The second-order valence-electron chi connectivity index (χ2n) is 5.06. The molecule has 0 aromatic heterocycles. The predicted octanol–water partition coefficient (Wildman–Crippen LogP) is 2.52. The monoisotopic (exact) mass is 284 g/mol. The van der Waals surface area contributed by atoms with Crippen LogP contribution >= 0.6 is 0 Å². The highest BCUT2D eigenvalue weighted by Gasteiger charge is 2.26. The quantitative estimate of drug-likeness (QED) is 0.590. The SMILES string of the molecule is CCCN(C)CCOCCC(C)CNCC(F)(F)F. The van der Waals surface area contributed by atoms with Crippen molar-refractivity contribution in [2.75, 3.05) is 46.4 Å². The van der Waals surface area contributed by atoms with Crippen molar-refractivity contribution in [2.45, 2.75) is 32.9 Å². The predicted molar refractivity (Wildman–Crippen MR) is 71.3 cm³/mol. The van der Waals surface area contributed by atoms with Crippen molar-refractivity contribution < 1.29 is 17.9 Å². The molecule has 0 fully saturated rings. The number of hydrogen-bond acceptors (Lipinski definition) is 3. The lowest BCUT2D eigenvalue weighted by Crippen LogP contribution is -2.32. The maximum absolute atomic E-state index is 11.9. The molecule has 19 heavy (non-hydrogen) atoms. The maximum atomic E-state index is 11.9. The van der Waals surface area contributed by atoms with E-state index in [0.29, 0.717) is 19.8 Å². The molecule has 1 atom stereocenters. The fraction of sp³-hybridized carbons (Fsp3) is 1.00. The second-order valence-corrected chi connectivity index (χ2v) is 5.06. The molecule has 1 N–H and O–H groups in total. The third-order valence-corrected chi connectivity index (χ3v) is 2.80. The Bertz CT molecular complexity index is 213. The summed E-state index contributed by atoms with van der Waals surface area (Å²) in [7, 11) is 2.05. The van der Waals surface area contributed by atoms with Gasteiger partial charge in [-0.3, -0.25) is 0 Å². The lowest BCUT2D eigenvalue weighted by molar-refractivity contribution is -0.125. The van der Waals surface area contributed by atoms with E-state index < -0.39 is 12.7 Å². The van der Waals surface area contributed by atoms with Gasteiger partial charge in [-0.15, -0.1) is 0 Å². The van der Waals surface area contributed by atoms with Crippen molar-refractivity contribution in [3.8, 4) is 0 Å². The minimum absolute atomic E-state index is 0.190. The lowest BCUT2D eigenvalue weighted by Gasteiger charge is -2.16. The van der Waals surface area contributed by atoms with Gasteiger partial charge in [0.25, 0.3) is 0 Å². The van der Waals surface area contributed by atoms with Crippen LogP contribution in [0.3, 0.4) is 0 Å². The third kappa shape index (κ3) is 13.9. The number of ether oxygens (including phenoxy) is 1. The van der Waals surface area contributed by atoms with E-state index in [1.165, 1.54) is 0 Å². The molecule has 0 aromatic carbocycles. The van der Waals surface area contributed by atoms with Gasteiger partial charge in [0.05, 0.1) is 13.2 Å². The van der Waals surface area contributed by atoms with Crippen molar-refractivity contribution in [2.24, 2.45) is 5.92 Å². The maximum Gasteiger partial charge on any atom is 0.401 e. The van der Waals surface area contributed by atoms with E-state index in [-0.39, 0.29) is 5.92 Å². The van der Waals surface area contributed by atoms with Crippen LogP contribution in [-0.2, 0) is 4.74 Å². The summed E-state index contributed by atoms with van der Waals surface area (Å²) in [6, 6.07) is 0. The van der Waals surface area contributed by atoms with Gasteiger partial charge in [-0.05, 0) is 38.9 Å². The fourth-order valence-electron chi connectivity index (χ4n) is 1.66. The van der Waals surface area contributed by atoms with Crippen molar-refractivity contribution >= 4 is 0 Å². The summed E-state index contributed by atoms with van der Waals surface area (Å²) in [4.78, 5) is 2.20. The zero-order valence-electron chi connectivity index (χ0n) is 12.2. The standard InChI is InChI=1S/C13H27F3N2O/c1-4-6-18(3)7-9-19-8-5-12(2)10-17-11-13(14,15)16/h12,17H,4-11H2,1-3H3. The molecule has 0 saturated heterocycles. The molecule has 0 heterocycles. The molecule has 0 amide bonds. The fourth-order valence-corrected chi connectivity index (χ4v) is 1.66. The van der Waals surface area contributed by atoms with Crippen LogP contribution in [0.15, 0.2) is 0 Å². The highest BCUT2D eigenvalue weighted by Crippen LogP contribution is 2.12. The third-order valence-electron chi connectivity index (χ3n) is 2.80.